The fraction of sp³-hybridized carbons (Fsp3) is 0.652. The van der Waals surface area contributed by atoms with E-state index >= 15 is 0 Å². The van der Waals surface area contributed by atoms with Gasteiger partial charge in [-0.25, -0.2) is 4.39 Å². The molecule has 4 saturated carbocycles. The van der Waals surface area contributed by atoms with Crippen molar-refractivity contribution >= 4 is 11.8 Å². The molecule has 0 unspecified atom stereocenters. The van der Waals surface area contributed by atoms with Gasteiger partial charge in [-0.1, -0.05) is 0 Å². The van der Waals surface area contributed by atoms with Crippen molar-refractivity contribution in [3.8, 4) is 0 Å². The Morgan fingerprint density at radius 2 is 1.62 bits per heavy atom. The Morgan fingerprint density at radius 3 is 2.14 bits per heavy atom. The number of amides is 2. The van der Waals surface area contributed by atoms with Crippen LogP contribution in [0.2, 0.25) is 0 Å². The number of likely N-dealkylation sites (N-methyl/N-ethyl adjacent to an activating group) is 1. The molecular weight excluding hydrogens is 369 g/mol. The maximum Gasteiger partial charge on any atom is 0.251 e. The maximum atomic E-state index is 13.3. The molecule has 2 amide bonds. The predicted molar refractivity (Wildman–Crippen MR) is 110 cm³/mol. The Balaban J connectivity index is 1.55. The lowest BCUT2D eigenvalue weighted by atomic mass is 9.47. The number of nitrogens with zero attached hydrogens (tertiary/aromatic N) is 1. The monoisotopic (exact) mass is 401 g/mol. The van der Waals surface area contributed by atoms with Gasteiger partial charge >= 0.3 is 0 Å². The fourth-order valence-electron chi connectivity index (χ4n) is 6.35. The SMILES string of the molecule is CN(C)CCNC(=O)[C@@H](NC(=O)c1ccc(F)cc1)C12CC3CC(CC(C3)C1)C2. The molecule has 5 nitrogen and oxygen atoms in total. The lowest BCUT2D eigenvalue weighted by Gasteiger charge is -2.59. The van der Waals surface area contributed by atoms with Crippen LogP contribution in [0, 0.1) is 29.0 Å². The minimum Gasteiger partial charge on any atom is -0.353 e. The van der Waals surface area contributed by atoms with Gasteiger partial charge in [-0.2, -0.15) is 0 Å². The smallest absolute Gasteiger partial charge is 0.251 e. The minimum atomic E-state index is -0.532. The van der Waals surface area contributed by atoms with Crippen molar-refractivity contribution in [2.45, 2.75) is 44.6 Å². The molecule has 2 N–H and O–H groups in total. The summed E-state index contributed by atoms with van der Waals surface area (Å²) < 4.78 is 13.3. The zero-order valence-electron chi connectivity index (χ0n) is 17.4. The third-order valence-electron chi connectivity index (χ3n) is 7.20. The van der Waals surface area contributed by atoms with Crippen LogP contribution in [0.4, 0.5) is 4.39 Å². The van der Waals surface area contributed by atoms with Crippen LogP contribution in [0.15, 0.2) is 24.3 Å². The molecule has 0 radical (unpaired) electrons. The highest BCUT2D eigenvalue weighted by Gasteiger charge is 2.56. The van der Waals surface area contributed by atoms with E-state index in [1.807, 2.05) is 19.0 Å². The van der Waals surface area contributed by atoms with Gasteiger partial charge < -0.3 is 15.5 Å². The maximum absolute atomic E-state index is 13.3. The molecule has 0 aliphatic heterocycles. The van der Waals surface area contributed by atoms with Crippen LogP contribution < -0.4 is 10.6 Å². The number of carbonyl (C=O) groups is 2. The number of halogens is 1. The summed E-state index contributed by atoms with van der Waals surface area (Å²) in [7, 11) is 3.94. The molecule has 5 rings (SSSR count). The van der Waals surface area contributed by atoms with Crippen LogP contribution in [-0.4, -0.2) is 49.9 Å². The molecule has 1 atom stereocenters. The first-order chi connectivity index (χ1) is 13.8. The van der Waals surface area contributed by atoms with Gasteiger partial charge in [0.2, 0.25) is 5.91 Å². The van der Waals surface area contributed by atoms with E-state index in [0.29, 0.717) is 29.9 Å². The van der Waals surface area contributed by atoms with Crippen LogP contribution in [0.3, 0.4) is 0 Å². The van der Waals surface area contributed by atoms with Gasteiger partial charge in [0.05, 0.1) is 0 Å². The molecule has 158 valence electrons. The van der Waals surface area contributed by atoms with Gasteiger partial charge in [0, 0.05) is 24.1 Å². The first kappa shape index (κ1) is 20.3. The fourth-order valence-corrected chi connectivity index (χ4v) is 6.35. The molecule has 4 aliphatic rings. The van der Waals surface area contributed by atoms with Crippen molar-refractivity contribution in [2.24, 2.45) is 23.2 Å². The summed E-state index contributed by atoms with van der Waals surface area (Å²) in [5.74, 6) is 1.29. The summed E-state index contributed by atoms with van der Waals surface area (Å²) in [6.07, 6.45) is 6.90. The lowest BCUT2D eigenvalue weighted by molar-refractivity contribution is -0.134. The van der Waals surface area contributed by atoms with E-state index in [1.165, 1.54) is 43.5 Å². The summed E-state index contributed by atoms with van der Waals surface area (Å²) in [4.78, 5) is 28.2. The second-order valence-electron chi connectivity index (χ2n) is 9.79. The quantitative estimate of drug-likeness (QED) is 0.739. The topological polar surface area (TPSA) is 61.4 Å². The van der Waals surface area contributed by atoms with Crippen LogP contribution in [-0.2, 0) is 4.79 Å². The number of rotatable bonds is 7. The summed E-state index contributed by atoms with van der Waals surface area (Å²) in [5.41, 5.74) is 0.245. The predicted octanol–water partition coefficient (Wildman–Crippen LogP) is 2.82. The Morgan fingerprint density at radius 1 is 1.07 bits per heavy atom. The van der Waals surface area contributed by atoms with Gasteiger partial charge in [0.1, 0.15) is 11.9 Å². The second-order valence-corrected chi connectivity index (χ2v) is 9.79. The Labute approximate surface area is 172 Å². The van der Waals surface area contributed by atoms with Crippen molar-refractivity contribution in [3.63, 3.8) is 0 Å². The molecule has 4 fully saturated rings. The first-order valence-electron chi connectivity index (χ1n) is 10.8. The molecule has 0 heterocycles. The highest BCUT2D eigenvalue weighted by Crippen LogP contribution is 2.61. The summed E-state index contributed by atoms with van der Waals surface area (Å²) >= 11 is 0. The molecule has 1 aromatic rings. The molecule has 6 heteroatoms. The van der Waals surface area contributed by atoms with E-state index in [0.717, 1.165) is 25.8 Å². The molecule has 0 spiro atoms. The van der Waals surface area contributed by atoms with Gasteiger partial charge in [-0.3, -0.25) is 9.59 Å². The largest absolute Gasteiger partial charge is 0.353 e. The molecule has 29 heavy (non-hydrogen) atoms. The summed E-state index contributed by atoms with van der Waals surface area (Å²) in [6.45, 7) is 1.31. The highest BCUT2D eigenvalue weighted by molar-refractivity contribution is 5.97. The second kappa shape index (κ2) is 8.05. The third-order valence-corrected chi connectivity index (χ3v) is 7.20. The minimum absolute atomic E-state index is 0.0794. The van der Waals surface area contributed by atoms with Gasteiger partial charge in [0.25, 0.3) is 5.91 Å². The summed E-state index contributed by atoms with van der Waals surface area (Å²) in [6, 6.07) is 4.99. The lowest BCUT2D eigenvalue weighted by Crippen LogP contribution is -2.62. The number of hydrogen-bond donors (Lipinski definition) is 2. The van der Waals surface area contributed by atoms with Crippen molar-refractivity contribution < 1.29 is 14.0 Å². The van der Waals surface area contributed by atoms with Crippen LogP contribution in [0.25, 0.3) is 0 Å². The van der Waals surface area contributed by atoms with Gasteiger partial charge in [-0.05, 0) is 94.6 Å². The average Bonchev–Trinajstić information content (AvgIpc) is 2.65. The number of carbonyl (C=O) groups excluding carboxylic acids is 2. The summed E-state index contributed by atoms with van der Waals surface area (Å²) in [5, 5.41) is 6.11. The molecule has 4 aliphatic carbocycles. The Bertz CT molecular complexity index is 727. The van der Waals surface area contributed by atoms with E-state index in [4.69, 9.17) is 0 Å². The van der Waals surface area contributed by atoms with E-state index in [1.54, 1.807) is 0 Å². The van der Waals surface area contributed by atoms with Gasteiger partial charge in [0.15, 0.2) is 0 Å². The van der Waals surface area contributed by atoms with Crippen molar-refractivity contribution in [2.75, 3.05) is 27.2 Å². The zero-order chi connectivity index (χ0) is 20.6. The van der Waals surface area contributed by atoms with E-state index in [2.05, 4.69) is 10.6 Å². The van der Waals surface area contributed by atoms with Gasteiger partial charge in [-0.15, -0.1) is 0 Å². The number of benzene rings is 1. The van der Waals surface area contributed by atoms with Crippen molar-refractivity contribution in [3.05, 3.63) is 35.6 Å². The highest BCUT2D eigenvalue weighted by atomic mass is 19.1. The van der Waals surface area contributed by atoms with Crippen LogP contribution in [0.5, 0.6) is 0 Å². The van der Waals surface area contributed by atoms with Crippen LogP contribution >= 0.6 is 0 Å². The van der Waals surface area contributed by atoms with Crippen molar-refractivity contribution in [1.82, 2.24) is 15.5 Å². The Hall–Kier alpha value is -1.95. The molecular formula is C23H32FN3O2. The molecule has 1 aromatic carbocycles. The normalized spacial score (nSPS) is 31.0. The third kappa shape index (κ3) is 4.32. The zero-order valence-corrected chi connectivity index (χ0v) is 17.4. The van der Waals surface area contributed by atoms with E-state index in [9.17, 15) is 14.0 Å². The van der Waals surface area contributed by atoms with Crippen molar-refractivity contribution in [1.29, 1.82) is 0 Å². The number of hydrogen-bond acceptors (Lipinski definition) is 3. The standard InChI is InChI=1S/C23H32FN3O2/c1-27(2)8-7-25-22(29)20(26-21(28)18-3-5-19(24)6-4-18)23-12-15-9-16(13-23)11-17(10-15)14-23/h3-6,15-17,20H,7-14H2,1-2H3,(H,25,29)(H,26,28)/t15?,16?,17?,20-,23?/m1/s1. The van der Waals surface area contributed by atoms with E-state index < -0.39 is 6.04 Å². The molecule has 0 saturated heterocycles. The van der Waals surface area contributed by atoms with Crippen LogP contribution in [0.1, 0.15) is 48.9 Å². The van der Waals surface area contributed by atoms with E-state index in [-0.39, 0.29) is 23.0 Å². The molecule has 4 bridgehead atoms. The number of nitrogens with one attached hydrogen (secondary N) is 2. The first-order valence-corrected chi connectivity index (χ1v) is 10.8. The average molecular weight is 402 g/mol. The molecule has 0 aromatic heterocycles. The Kier molecular flexibility index (Phi) is 5.65.